The molecule has 7 heteroatoms. The van der Waals surface area contributed by atoms with E-state index in [1.54, 1.807) is 12.1 Å². The first-order valence-electron chi connectivity index (χ1n) is 7.15. The van der Waals surface area contributed by atoms with Crippen LogP contribution in [0, 0.1) is 5.92 Å². The van der Waals surface area contributed by atoms with Crippen molar-refractivity contribution in [1.29, 1.82) is 0 Å². The van der Waals surface area contributed by atoms with Crippen LogP contribution in [0.5, 0.6) is 5.75 Å². The molecule has 3 N–H and O–H groups in total. The molecule has 0 aliphatic carbocycles. The summed E-state index contributed by atoms with van der Waals surface area (Å²) in [6, 6.07) is 5.77. The van der Waals surface area contributed by atoms with E-state index >= 15 is 0 Å². The first-order valence-corrected chi connectivity index (χ1v) is 7.15. The topological polar surface area (TPSA) is 59.6 Å². The van der Waals surface area contributed by atoms with Crippen LogP contribution in [0.4, 0.5) is 13.2 Å². The van der Waals surface area contributed by atoms with Crippen molar-refractivity contribution in [1.82, 2.24) is 5.32 Å². The van der Waals surface area contributed by atoms with Crippen molar-refractivity contribution in [2.75, 3.05) is 13.1 Å². The molecule has 0 aliphatic heterocycles. The number of benzene rings is 1. The molecule has 22 heavy (non-hydrogen) atoms. The third kappa shape index (κ3) is 8.39. The molecule has 4 nitrogen and oxygen atoms in total. The Bertz CT molecular complexity index is 470. The second-order valence-electron chi connectivity index (χ2n) is 5.32. The minimum Gasteiger partial charge on any atom is -0.406 e. The number of halogens is 3. The van der Waals surface area contributed by atoms with E-state index in [0.29, 0.717) is 31.4 Å². The number of hydrogen-bond acceptors (Lipinski definition) is 2. The van der Waals surface area contributed by atoms with Gasteiger partial charge in [0, 0.05) is 13.1 Å². The summed E-state index contributed by atoms with van der Waals surface area (Å²) < 4.78 is 39.9. The summed E-state index contributed by atoms with van der Waals surface area (Å²) in [7, 11) is 0. The predicted octanol–water partition coefficient (Wildman–Crippen LogP) is 3.08. The molecule has 124 valence electrons. The highest BCUT2D eigenvalue weighted by Gasteiger charge is 2.30. The summed E-state index contributed by atoms with van der Waals surface area (Å²) in [6.45, 7) is 5.48. The van der Waals surface area contributed by atoms with Gasteiger partial charge in [0.1, 0.15) is 5.75 Å². The molecule has 0 atom stereocenters. The second kappa shape index (κ2) is 8.51. The third-order valence-electron chi connectivity index (χ3n) is 2.87. The van der Waals surface area contributed by atoms with Gasteiger partial charge in [-0.2, -0.15) is 0 Å². The number of rotatable bonds is 7. The Morgan fingerprint density at radius 2 is 1.91 bits per heavy atom. The standard InChI is InChI=1S/C15H22F3N3O/c1-11(2)7-9-20-14(19)21-10-8-12-3-5-13(6-4-12)22-15(16,17)18/h3-6,11H,7-10H2,1-2H3,(H3,19,20,21). The summed E-state index contributed by atoms with van der Waals surface area (Å²) in [5.74, 6) is 0.741. The van der Waals surface area contributed by atoms with Crippen LogP contribution in [0.15, 0.2) is 29.3 Å². The molecule has 0 aliphatic rings. The van der Waals surface area contributed by atoms with Crippen LogP contribution in [0.25, 0.3) is 0 Å². The van der Waals surface area contributed by atoms with Gasteiger partial charge in [-0.1, -0.05) is 26.0 Å². The van der Waals surface area contributed by atoms with Gasteiger partial charge in [0.2, 0.25) is 0 Å². The third-order valence-corrected chi connectivity index (χ3v) is 2.87. The molecule has 0 saturated heterocycles. The summed E-state index contributed by atoms with van der Waals surface area (Å²) in [4.78, 5) is 4.19. The lowest BCUT2D eigenvalue weighted by Crippen LogP contribution is -2.33. The number of nitrogens with one attached hydrogen (secondary N) is 1. The molecule has 0 aromatic heterocycles. The van der Waals surface area contributed by atoms with Gasteiger partial charge in [0.25, 0.3) is 0 Å². The largest absolute Gasteiger partial charge is 0.573 e. The normalized spacial score (nSPS) is 12.5. The predicted molar refractivity (Wildman–Crippen MR) is 80.8 cm³/mol. The number of aliphatic imine (C=N–C) groups is 1. The number of guanidine groups is 1. The first-order chi connectivity index (χ1) is 10.3. The van der Waals surface area contributed by atoms with Crippen molar-refractivity contribution in [2.45, 2.75) is 33.1 Å². The average molecular weight is 317 g/mol. The zero-order chi connectivity index (χ0) is 16.6. The Hall–Kier alpha value is -1.92. The van der Waals surface area contributed by atoms with Crippen molar-refractivity contribution in [3.8, 4) is 5.75 Å². The molecule has 0 unspecified atom stereocenters. The van der Waals surface area contributed by atoms with Gasteiger partial charge in [0.05, 0.1) is 0 Å². The number of nitrogens with two attached hydrogens (primary N) is 1. The molecule has 0 radical (unpaired) electrons. The van der Waals surface area contributed by atoms with Crippen LogP contribution >= 0.6 is 0 Å². The Morgan fingerprint density at radius 3 is 2.45 bits per heavy atom. The number of alkyl halides is 3. The molecule has 0 spiro atoms. The summed E-state index contributed by atoms with van der Waals surface area (Å²) in [6.07, 6.45) is -3.06. The fourth-order valence-electron chi connectivity index (χ4n) is 1.69. The molecule has 0 amide bonds. The molecule has 0 heterocycles. The fraction of sp³-hybridized carbons (Fsp3) is 0.533. The molecular weight excluding hydrogens is 295 g/mol. The number of ether oxygens (including phenoxy) is 1. The van der Waals surface area contributed by atoms with Crippen LogP contribution < -0.4 is 15.8 Å². The highest BCUT2D eigenvalue weighted by Crippen LogP contribution is 2.22. The van der Waals surface area contributed by atoms with E-state index in [4.69, 9.17) is 5.73 Å². The summed E-state index contributed by atoms with van der Waals surface area (Å²) in [5.41, 5.74) is 6.60. The Balaban J connectivity index is 2.33. The van der Waals surface area contributed by atoms with Crippen LogP contribution in [-0.4, -0.2) is 25.4 Å². The fourth-order valence-corrected chi connectivity index (χ4v) is 1.69. The maximum Gasteiger partial charge on any atom is 0.573 e. The SMILES string of the molecule is CC(C)CCN=C(N)NCCc1ccc(OC(F)(F)F)cc1. The lowest BCUT2D eigenvalue weighted by molar-refractivity contribution is -0.274. The molecule has 0 bridgehead atoms. The molecule has 1 aromatic carbocycles. The van der Waals surface area contributed by atoms with Gasteiger partial charge in [-0.05, 0) is 36.5 Å². The molecule has 0 fully saturated rings. The van der Waals surface area contributed by atoms with Crippen molar-refractivity contribution >= 4 is 5.96 Å². The van der Waals surface area contributed by atoms with Gasteiger partial charge < -0.3 is 15.8 Å². The van der Waals surface area contributed by atoms with Gasteiger partial charge in [-0.15, -0.1) is 13.2 Å². The molecular formula is C15H22F3N3O. The van der Waals surface area contributed by atoms with Crippen LogP contribution in [-0.2, 0) is 6.42 Å². The number of nitrogens with zero attached hydrogens (tertiary/aromatic N) is 1. The van der Waals surface area contributed by atoms with E-state index in [1.165, 1.54) is 12.1 Å². The minimum atomic E-state index is -4.66. The van der Waals surface area contributed by atoms with E-state index in [-0.39, 0.29) is 5.75 Å². The Kier molecular flexibility index (Phi) is 7.01. The van der Waals surface area contributed by atoms with E-state index in [0.717, 1.165) is 12.0 Å². The molecule has 0 saturated carbocycles. The second-order valence-corrected chi connectivity index (χ2v) is 5.32. The van der Waals surface area contributed by atoms with Crippen molar-refractivity contribution in [3.63, 3.8) is 0 Å². The summed E-state index contributed by atoms with van der Waals surface area (Å²) >= 11 is 0. The van der Waals surface area contributed by atoms with Gasteiger partial charge in [-0.25, -0.2) is 0 Å². The lowest BCUT2D eigenvalue weighted by atomic mass is 10.1. The molecule has 1 aromatic rings. The lowest BCUT2D eigenvalue weighted by Gasteiger charge is -2.10. The average Bonchev–Trinajstić information content (AvgIpc) is 2.38. The highest BCUT2D eigenvalue weighted by molar-refractivity contribution is 5.77. The van der Waals surface area contributed by atoms with E-state index in [9.17, 15) is 13.2 Å². The zero-order valence-corrected chi connectivity index (χ0v) is 12.8. The van der Waals surface area contributed by atoms with Gasteiger partial charge in [0.15, 0.2) is 5.96 Å². The van der Waals surface area contributed by atoms with Crippen LogP contribution in [0.3, 0.4) is 0 Å². The van der Waals surface area contributed by atoms with Crippen LogP contribution in [0.1, 0.15) is 25.8 Å². The Labute approximate surface area is 128 Å². The smallest absolute Gasteiger partial charge is 0.406 e. The monoisotopic (exact) mass is 317 g/mol. The molecule has 1 rings (SSSR count). The highest BCUT2D eigenvalue weighted by atomic mass is 19.4. The van der Waals surface area contributed by atoms with E-state index < -0.39 is 6.36 Å². The van der Waals surface area contributed by atoms with Gasteiger partial charge in [-0.3, -0.25) is 4.99 Å². The van der Waals surface area contributed by atoms with Crippen molar-refractivity contribution in [3.05, 3.63) is 29.8 Å². The maximum absolute atomic E-state index is 12.0. The first kappa shape index (κ1) is 18.1. The van der Waals surface area contributed by atoms with Crippen molar-refractivity contribution in [2.24, 2.45) is 16.6 Å². The van der Waals surface area contributed by atoms with Gasteiger partial charge >= 0.3 is 6.36 Å². The van der Waals surface area contributed by atoms with E-state index in [1.807, 2.05) is 0 Å². The quantitative estimate of drug-likeness (QED) is 0.600. The van der Waals surface area contributed by atoms with Crippen molar-refractivity contribution < 1.29 is 17.9 Å². The summed E-state index contributed by atoms with van der Waals surface area (Å²) in [5, 5.41) is 2.97. The van der Waals surface area contributed by atoms with E-state index in [2.05, 4.69) is 28.9 Å². The van der Waals surface area contributed by atoms with Crippen LogP contribution in [0.2, 0.25) is 0 Å². The maximum atomic E-state index is 12.0. The zero-order valence-electron chi connectivity index (χ0n) is 12.8. The number of hydrogen-bond donors (Lipinski definition) is 2. The Morgan fingerprint density at radius 1 is 1.27 bits per heavy atom. The minimum absolute atomic E-state index is 0.223.